The molecule has 0 spiro atoms. The van der Waals surface area contributed by atoms with Gasteiger partial charge in [-0.05, 0) is 35.4 Å². The summed E-state index contributed by atoms with van der Waals surface area (Å²) in [6.45, 7) is 0.679. The molecule has 4 rings (SSSR count). The lowest BCUT2D eigenvalue weighted by Gasteiger charge is -2.10. The fourth-order valence-electron chi connectivity index (χ4n) is 3.37. The topological polar surface area (TPSA) is 73.6 Å². The Morgan fingerprint density at radius 1 is 1.13 bits per heavy atom. The number of carboxylic acid groups (broad SMARTS) is 1. The highest BCUT2D eigenvalue weighted by Gasteiger charge is 2.10. The molecule has 0 saturated heterocycles. The van der Waals surface area contributed by atoms with Gasteiger partial charge in [0.25, 0.3) is 0 Å². The number of carboxylic acids is 1. The Bertz CT molecular complexity index is 1220. The molecule has 0 atom stereocenters. The third kappa shape index (κ3) is 4.50. The van der Waals surface area contributed by atoms with E-state index in [1.54, 1.807) is 29.1 Å². The molecular formula is C24H21FN2O4. The van der Waals surface area contributed by atoms with Crippen LogP contribution < -0.4 is 9.47 Å². The first kappa shape index (κ1) is 20.4. The van der Waals surface area contributed by atoms with Crippen LogP contribution >= 0.6 is 0 Å². The van der Waals surface area contributed by atoms with E-state index in [1.807, 2.05) is 42.5 Å². The van der Waals surface area contributed by atoms with E-state index in [0.29, 0.717) is 24.5 Å². The van der Waals surface area contributed by atoms with E-state index in [9.17, 15) is 9.18 Å². The van der Waals surface area contributed by atoms with Gasteiger partial charge in [-0.3, -0.25) is 9.48 Å². The van der Waals surface area contributed by atoms with Crippen molar-refractivity contribution in [3.8, 4) is 22.6 Å². The predicted molar refractivity (Wildman–Crippen MR) is 115 cm³/mol. The first-order valence-electron chi connectivity index (χ1n) is 9.77. The molecule has 0 aliphatic carbocycles. The van der Waals surface area contributed by atoms with Crippen LogP contribution in [0.5, 0.6) is 11.5 Å². The van der Waals surface area contributed by atoms with E-state index in [2.05, 4.69) is 5.10 Å². The van der Waals surface area contributed by atoms with Crippen molar-refractivity contribution in [2.45, 2.75) is 19.6 Å². The van der Waals surface area contributed by atoms with Gasteiger partial charge in [0, 0.05) is 10.9 Å². The Labute approximate surface area is 178 Å². The van der Waals surface area contributed by atoms with Gasteiger partial charge < -0.3 is 14.6 Å². The number of rotatable bonds is 8. The van der Waals surface area contributed by atoms with Crippen molar-refractivity contribution in [3.63, 3.8) is 0 Å². The summed E-state index contributed by atoms with van der Waals surface area (Å²) < 4.78 is 27.1. The van der Waals surface area contributed by atoms with Gasteiger partial charge >= 0.3 is 5.97 Å². The molecule has 7 heteroatoms. The lowest BCUT2D eigenvalue weighted by atomic mass is 10.0. The van der Waals surface area contributed by atoms with Gasteiger partial charge in [0.15, 0.2) is 11.6 Å². The van der Waals surface area contributed by atoms with Gasteiger partial charge in [-0.2, -0.15) is 5.10 Å². The number of benzene rings is 3. The fourth-order valence-corrected chi connectivity index (χ4v) is 3.37. The minimum absolute atomic E-state index is 0.0185. The molecule has 0 radical (unpaired) electrons. The average molecular weight is 420 g/mol. The zero-order chi connectivity index (χ0) is 21.8. The number of aryl methyl sites for hydroxylation is 1. The van der Waals surface area contributed by atoms with E-state index in [-0.39, 0.29) is 18.0 Å². The summed E-state index contributed by atoms with van der Waals surface area (Å²) in [5.74, 6) is -0.338. The second-order valence-corrected chi connectivity index (χ2v) is 7.04. The van der Waals surface area contributed by atoms with Crippen molar-refractivity contribution in [2.24, 2.45) is 0 Å². The molecule has 0 aliphatic heterocycles. The van der Waals surface area contributed by atoms with E-state index in [1.165, 1.54) is 7.11 Å². The van der Waals surface area contributed by atoms with Crippen molar-refractivity contribution < 1.29 is 23.8 Å². The smallest absolute Gasteiger partial charge is 0.305 e. The van der Waals surface area contributed by atoms with Crippen LogP contribution in [0.1, 0.15) is 12.0 Å². The average Bonchev–Trinajstić information content (AvgIpc) is 3.19. The van der Waals surface area contributed by atoms with Crippen LogP contribution in [-0.2, 0) is 17.9 Å². The van der Waals surface area contributed by atoms with Crippen molar-refractivity contribution in [2.75, 3.05) is 7.11 Å². The zero-order valence-corrected chi connectivity index (χ0v) is 16.9. The van der Waals surface area contributed by atoms with E-state index in [0.717, 1.165) is 22.0 Å². The standard InChI is InChI=1S/C24H21FN2O4/c1-30-22-4-2-3-20(24(22)25)17-7-5-16(6-8-17)15-31-19-9-10-21-18(13-19)14-26-27(21)12-11-23(28)29/h2-10,13-14H,11-12,15H2,1H3,(H,28,29). The lowest BCUT2D eigenvalue weighted by molar-refractivity contribution is -0.137. The van der Waals surface area contributed by atoms with Crippen LogP contribution in [0.25, 0.3) is 22.0 Å². The van der Waals surface area contributed by atoms with Gasteiger partial charge in [-0.25, -0.2) is 4.39 Å². The van der Waals surface area contributed by atoms with Crippen LogP contribution in [0.15, 0.2) is 66.9 Å². The molecule has 0 unspecified atom stereocenters. The molecule has 6 nitrogen and oxygen atoms in total. The molecule has 0 saturated carbocycles. The lowest BCUT2D eigenvalue weighted by Crippen LogP contribution is -2.05. The summed E-state index contributed by atoms with van der Waals surface area (Å²) in [5.41, 5.74) is 3.05. The number of nitrogens with zero attached hydrogens (tertiary/aromatic N) is 2. The summed E-state index contributed by atoms with van der Waals surface area (Å²) in [7, 11) is 1.45. The third-order valence-corrected chi connectivity index (χ3v) is 5.00. The highest BCUT2D eigenvalue weighted by Crippen LogP contribution is 2.29. The Hall–Kier alpha value is -3.87. The van der Waals surface area contributed by atoms with Gasteiger partial charge in [0.2, 0.25) is 0 Å². The maximum Gasteiger partial charge on any atom is 0.305 e. The van der Waals surface area contributed by atoms with E-state index >= 15 is 0 Å². The number of aliphatic carboxylic acids is 1. The zero-order valence-electron chi connectivity index (χ0n) is 16.9. The maximum absolute atomic E-state index is 14.5. The van der Waals surface area contributed by atoms with Crippen LogP contribution in [0.2, 0.25) is 0 Å². The monoisotopic (exact) mass is 420 g/mol. The number of ether oxygens (including phenoxy) is 2. The molecule has 0 fully saturated rings. The van der Waals surface area contributed by atoms with Gasteiger partial charge in [0.05, 0.1) is 31.8 Å². The largest absolute Gasteiger partial charge is 0.494 e. The normalized spacial score (nSPS) is 10.9. The van der Waals surface area contributed by atoms with Gasteiger partial charge in [0.1, 0.15) is 12.4 Å². The van der Waals surface area contributed by atoms with Crippen molar-refractivity contribution >= 4 is 16.9 Å². The third-order valence-electron chi connectivity index (χ3n) is 5.00. The number of methoxy groups -OCH3 is 1. The highest BCUT2D eigenvalue weighted by atomic mass is 19.1. The first-order chi connectivity index (χ1) is 15.0. The molecule has 1 aromatic heterocycles. The Morgan fingerprint density at radius 3 is 2.68 bits per heavy atom. The first-order valence-corrected chi connectivity index (χ1v) is 9.77. The molecule has 0 aliphatic rings. The maximum atomic E-state index is 14.5. The van der Waals surface area contributed by atoms with Crippen LogP contribution in [-0.4, -0.2) is 28.0 Å². The summed E-state index contributed by atoms with van der Waals surface area (Å²) >= 11 is 0. The second kappa shape index (κ2) is 8.87. The molecule has 1 N–H and O–H groups in total. The second-order valence-electron chi connectivity index (χ2n) is 7.04. The number of halogens is 1. The summed E-state index contributed by atoms with van der Waals surface area (Å²) in [6, 6.07) is 18.2. The number of aromatic nitrogens is 2. The number of hydrogen-bond acceptors (Lipinski definition) is 4. The van der Waals surface area contributed by atoms with E-state index in [4.69, 9.17) is 14.6 Å². The highest BCUT2D eigenvalue weighted by molar-refractivity contribution is 5.80. The molecule has 158 valence electrons. The molecule has 31 heavy (non-hydrogen) atoms. The van der Waals surface area contributed by atoms with Gasteiger partial charge in [-0.1, -0.05) is 36.4 Å². The molecule has 3 aromatic carbocycles. The molecule has 4 aromatic rings. The fraction of sp³-hybridized carbons (Fsp3) is 0.167. The minimum atomic E-state index is -0.858. The SMILES string of the molecule is COc1cccc(-c2ccc(COc3ccc4c(cnn4CCC(=O)O)c3)cc2)c1F. The molecular weight excluding hydrogens is 399 g/mol. The Kier molecular flexibility index (Phi) is 5.84. The Morgan fingerprint density at radius 2 is 1.94 bits per heavy atom. The molecule has 0 bridgehead atoms. The van der Waals surface area contributed by atoms with Crippen LogP contribution in [0, 0.1) is 5.82 Å². The van der Waals surface area contributed by atoms with Crippen LogP contribution in [0.4, 0.5) is 4.39 Å². The van der Waals surface area contributed by atoms with Gasteiger partial charge in [-0.15, -0.1) is 0 Å². The predicted octanol–water partition coefficient (Wildman–Crippen LogP) is 4.90. The summed E-state index contributed by atoms with van der Waals surface area (Å²) in [5, 5.41) is 14.0. The quantitative estimate of drug-likeness (QED) is 0.439. The summed E-state index contributed by atoms with van der Waals surface area (Å²) in [4.78, 5) is 10.8. The molecule has 0 amide bonds. The number of hydrogen-bond donors (Lipinski definition) is 1. The van der Waals surface area contributed by atoms with Crippen molar-refractivity contribution in [1.82, 2.24) is 9.78 Å². The van der Waals surface area contributed by atoms with Crippen molar-refractivity contribution in [1.29, 1.82) is 0 Å². The van der Waals surface area contributed by atoms with Crippen molar-refractivity contribution in [3.05, 3.63) is 78.2 Å². The molecule has 1 heterocycles. The van der Waals surface area contributed by atoms with Crippen LogP contribution in [0.3, 0.4) is 0 Å². The Balaban J connectivity index is 1.43. The minimum Gasteiger partial charge on any atom is -0.494 e. The summed E-state index contributed by atoms with van der Waals surface area (Å²) in [6.07, 6.45) is 1.71. The number of carbonyl (C=O) groups is 1. The van der Waals surface area contributed by atoms with E-state index < -0.39 is 5.97 Å². The number of fused-ring (bicyclic) bond motifs is 1.